The number of halogens is 4. The third-order valence-corrected chi connectivity index (χ3v) is 18.2. The molecule has 34 heavy (non-hydrogen) atoms. The molecule has 0 aromatic heterocycles. The van der Waals surface area contributed by atoms with E-state index >= 15 is 0 Å². The predicted octanol–water partition coefficient (Wildman–Crippen LogP) is 11.3. The Bertz CT molecular complexity index is 455. The third kappa shape index (κ3) is 9.51. The lowest BCUT2D eigenvalue weighted by atomic mass is 9.99. The predicted molar refractivity (Wildman–Crippen MR) is 146 cm³/mol. The minimum absolute atomic E-state index is 0.279. The standard InChI is InChI=1S/C27H50P2.BF4/c1-2-27(28(23-15-7-3-8-16-23)24-17-9-4-10-18-24)29(25-19-11-5-12-20-25)26-21-13-6-14-22-26;2-1(3,4)5/h23-27H,2-22H2,1H3;/q;-1. The van der Waals surface area contributed by atoms with Gasteiger partial charge in [0.25, 0.3) is 0 Å². The maximum atomic E-state index is 9.75. The van der Waals surface area contributed by atoms with Crippen molar-refractivity contribution in [2.45, 2.75) is 170 Å². The Kier molecular flexibility index (Phi) is 13.0. The first-order valence-corrected chi connectivity index (χ1v) is 17.9. The van der Waals surface area contributed by atoms with Crippen LogP contribution in [-0.4, -0.2) is 35.3 Å². The van der Waals surface area contributed by atoms with Gasteiger partial charge in [0.15, 0.2) is 0 Å². The van der Waals surface area contributed by atoms with E-state index in [-0.39, 0.29) is 15.8 Å². The molecule has 0 radical (unpaired) electrons. The highest BCUT2D eigenvalue weighted by molar-refractivity contribution is 7.77. The molecule has 4 fully saturated rings. The van der Waals surface area contributed by atoms with Crippen LogP contribution < -0.4 is 0 Å². The Morgan fingerprint density at radius 2 is 0.706 bits per heavy atom. The lowest BCUT2D eigenvalue weighted by Crippen LogP contribution is -2.31. The maximum absolute atomic E-state index is 9.75. The highest BCUT2D eigenvalue weighted by Crippen LogP contribution is 2.73. The molecule has 4 saturated carbocycles. The van der Waals surface area contributed by atoms with Crippen LogP contribution in [0.2, 0.25) is 0 Å². The zero-order chi connectivity index (χ0) is 24.4. The summed E-state index contributed by atoms with van der Waals surface area (Å²) in [6.07, 6.45) is 33.2. The van der Waals surface area contributed by atoms with Crippen LogP contribution in [0.3, 0.4) is 0 Å². The molecule has 4 aliphatic carbocycles. The van der Waals surface area contributed by atoms with Crippen LogP contribution in [0.15, 0.2) is 0 Å². The van der Waals surface area contributed by atoms with Crippen molar-refractivity contribution in [3.8, 4) is 0 Å². The third-order valence-electron chi connectivity index (χ3n) is 9.04. The molecule has 0 aromatic rings. The van der Waals surface area contributed by atoms with Crippen molar-refractivity contribution in [2.75, 3.05) is 0 Å². The normalized spacial score (nSPS) is 25.1. The van der Waals surface area contributed by atoms with Crippen molar-refractivity contribution in [3.63, 3.8) is 0 Å². The summed E-state index contributed by atoms with van der Waals surface area (Å²) in [5.74, 6) is 0. The highest BCUT2D eigenvalue weighted by atomic mass is 31.2. The van der Waals surface area contributed by atoms with Gasteiger partial charge in [-0.25, -0.2) is 0 Å². The van der Waals surface area contributed by atoms with Gasteiger partial charge in [0.1, 0.15) is 0 Å². The van der Waals surface area contributed by atoms with Gasteiger partial charge in [-0.15, -0.1) is 0 Å². The van der Waals surface area contributed by atoms with Crippen molar-refractivity contribution in [2.24, 2.45) is 0 Å². The fraction of sp³-hybridized carbons (Fsp3) is 1.00. The molecule has 0 aliphatic heterocycles. The second kappa shape index (κ2) is 15.2. The van der Waals surface area contributed by atoms with Gasteiger partial charge in [0, 0.05) is 5.40 Å². The average molecular weight is 523 g/mol. The Morgan fingerprint density at radius 1 is 0.500 bits per heavy atom. The van der Waals surface area contributed by atoms with E-state index in [4.69, 9.17) is 0 Å². The summed E-state index contributed by atoms with van der Waals surface area (Å²) in [5.41, 5.74) is 4.68. The van der Waals surface area contributed by atoms with Gasteiger partial charge in [-0.2, -0.15) is 0 Å². The zero-order valence-corrected chi connectivity index (χ0v) is 23.5. The SMILES string of the molecule is CCC(P(C1CCCCC1)C1CCCCC1)P(C1CCCCC1)C1CCCCC1.F[B-](F)(F)F. The van der Waals surface area contributed by atoms with Crippen LogP contribution in [0.5, 0.6) is 0 Å². The summed E-state index contributed by atoms with van der Waals surface area (Å²) in [7, 11) is -5.44. The molecule has 0 nitrogen and oxygen atoms in total. The molecule has 200 valence electrons. The van der Waals surface area contributed by atoms with Crippen molar-refractivity contribution < 1.29 is 17.3 Å². The van der Waals surface area contributed by atoms with Gasteiger partial charge >= 0.3 is 7.25 Å². The van der Waals surface area contributed by atoms with Gasteiger partial charge in [-0.1, -0.05) is 99.8 Å². The van der Waals surface area contributed by atoms with Gasteiger partial charge in [0.05, 0.1) is 0 Å². The quantitative estimate of drug-likeness (QED) is 0.177. The van der Waals surface area contributed by atoms with Crippen LogP contribution in [-0.2, 0) is 0 Å². The first-order valence-electron chi connectivity index (χ1n) is 14.8. The van der Waals surface area contributed by atoms with Crippen molar-refractivity contribution in [3.05, 3.63) is 0 Å². The molecule has 0 spiro atoms. The summed E-state index contributed by atoms with van der Waals surface area (Å²) >= 11 is 0. The zero-order valence-electron chi connectivity index (χ0n) is 21.7. The van der Waals surface area contributed by atoms with E-state index in [0.29, 0.717) is 0 Å². The Labute approximate surface area is 210 Å². The van der Waals surface area contributed by atoms with Crippen LogP contribution in [0, 0.1) is 0 Å². The second-order valence-corrected chi connectivity index (χ2v) is 17.8. The molecule has 0 unspecified atom stereocenters. The fourth-order valence-corrected chi connectivity index (χ4v) is 19.0. The van der Waals surface area contributed by atoms with Crippen molar-refractivity contribution >= 4 is 23.1 Å². The number of hydrogen-bond donors (Lipinski definition) is 0. The summed E-state index contributed by atoms with van der Waals surface area (Å²) in [4.78, 5) is 0. The van der Waals surface area contributed by atoms with Crippen LogP contribution in [0.4, 0.5) is 17.3 Å². The van der Waals surface area contributed by atoms with Gasteiger partial charge < -0.3 is 17.3 Å². The summed E-state index contributed by atoms with van der Waals surface area (Å²) < 4.78 is 39.0. The lowest BCUT2D eigenvalue weighted by Gasteiger charge is -2.51. The van der Waals surface area contributed by atoms with E-state index < -0.39 is 7.25 Å². The lowest BCUT2D eigenvalue weighted by molar-refractivity contribution is 0.368. The van der Waals surface area contributed by atoms with Crippen molar-refractivity contribution in [1.29, 1.82) is 0 Å². The van der Waals surface area contributed by atoms with E-state index in [9.17, 15) is 17.3 Å². The molecular formula is C27H50BF4P2-. The number of hydrogen-bond acceptors (Lipinski definition) is 0. The van der Waals surface area contributed by atoms with E-state index in [0.717, 1.165) is 0 Å². The first-order chi connectivity index (χ1) is 16.4. The minimum Gasteiger partial charge on any atom is -0.418 e. The van der Waals surface area contributed by atoms with Gasteiger partial charge in [-0.3, -0.25) is 0 Å². The van der Waals surface area contributed by atoms with E-state index in [1.807, 2.05) is 0 Å². The molecule has 0 aromatic carbocycles. The monoisotopic (exact) mass is 523 g/mol. The summed E-state index contributed by atoms with van der Waals surface area (Å²) in [6, 6.07) is 0. The van der Waals surface area contributed by atoms with E-state index in [1.54, 1.807) is 135 Å². The molecule has 4 aliphatic rings. The van der Waals surface area contributed by atoms with Crippen LogP contribution >= 0.6 is 15.8 Å². The summed E-state index contributed by atoms with van der Waals surface area (Å²) in [6.45, 7) is 2.65. The van der Waals surface area contributed by atoms with Crippen LogP contribution in [0.25, 0.3) is 0 Å². The molecule has 7 heteroatoms. The topological polar surface area (TPSA) is 0 Å². The Hall–Kier alpha value is 0.645. The average Bonchev–Trinajstić information content (AvgIpc) is 2.85. The molecule has 0 N–H and O–H groups in total. The second-order valence-electron chi connectivity index (χ2n) is 11.4. The van der Waals surface area contributed by atoms with Crippen molar-refractivity contribution in [1.82, 2.24) is 0 Å². The maximum Gasteiger partial charge on any atom is 0.673 e. The largest absolute Gasteiger partial charge is 0.673 e. The van der Waals surface area contributed by atoms with Crippen LogP contribution in [0.1, 0.15) is 142 Å². The van der Waals surface area contributed by atoms with Gasteiger partial charge in [0.2, 0.25) is 0 Å². The minimum atomic E-state index is -6.00. The number of rotatable bonds is 7. The molecule has 0 heterocycles. The molecule has 0 saturated heterocycles. The smallest absolute Gasteiger partial charge is 0.418 e. The Balaban J connectivity index is 0.000000588. The van der Waals surface area contributed by atoms with E-state index in [2.05, 4.69) is 6.92 Å². The highest BCUT2D eigenvalue weighted by Gasteiger charge is 2.43. The molecular weight excluding hydrogens is 473 g/mol. The first kappa shape index (κ1) is 29.2. The molecule has 0 bridgehead atoms. The Morgan fingerprint density at radius 3 is 0.882 bits per heavy atom. The summed E-state index contributed by atoms with van der Waals surface area (Å²) in [5, 5.41) is 1.19. The van der Waals surface area contributed by atoms with E-state index in [1.165, 1.54) is 28.0 Å². The fourth-order valence-electron chi connectivity index (χ4n) is 7.66. The molecule has 4 rings (SSSR count). The van der Waals surface area contributed by atoms with Gasteiger partial charge in [-0.05, 0) is 80.4 Å². The molecule has 0 atom stereocenters. The molecule has 0 amide bonds.